The number of hydrogen-bond donors (Lipinski definition) is 0. The summed E-state index contributed by atoms with van der Waals surface area (Å²) in [4.78, 5) is 15.0. The molecule has 1 heterocycles. The summed E-state index contributed by atoms with van der Waals surface area (Å²) in [7, 11) is 3.76. The van der Waals surface area contributed by atoms with Crippen molar-refractivity contribution in [1.82, 2.24) is 4.90 Å². The number of rotatable bonds is 2. The monoisotopic (exact) mass is 421 g/mol. The number of fused-ring (bicyclic) bond motifs is 1. The third-order valence-electron chi connectivity index (χ3n) is 3.72. The van der Waals surface area contributed by atoms with Crippen LogP contribution >= 0.6 is 39.9 Å². The van der Waals surface area contributed by atoms with Crippen LogP contribution < -0.4 is 4.74 Å². The van der Waals surface area contributed by atoms with Crippen LogP contribution in [0.15, 0.2) is 53.0 Å². The Balaban J connectivity index is 2.03. The van der Waals surface area contributed by atoms with E-state index in [1.807, 2.05) is 67.5 Å². The third kappa shape index (κ3) is 3.50. The first-order valence-electron chi connectivity index (χ1n) is 7.40. The molecule has 0 spiro atoms. The molecule has 6 heteroatoms. The number of thioether (sulfide) groups is 1. The Morgan fingerprint density at radius 2 is 1.92 bits per heavy atom. The lowest BCUT2D eigenvalue weighted by molar-refractivity contribution is 0.0868. The second kappa shape index (κ2) is 7.25. The lowest BCUT2D eigenvalue weighted by atomic mass is 9.96. The van der Waals surface area contributed by atoms with Crippen LogP contribution in [0.5, 0.6) is 5.75 Å². The molecule has 3 nitrogen and oxygen atoms in total. The predicted octanol–water partition coefficient (Wildman–Crippen LogP) is 4.71. The first-order valence-corrected chi connectivity index (χ1v) is 9.49. The van der Waals surface area contributed by atoms with Gasteiger partial charge in [-0.3, -0.25) is 4.79 Å². The molecule has 2 aromatic rings. The molecule has 0 N–H and O–H groups in total. The number of nitrogens with zero attached hydrogens (tertiary/aromatic N) is 1. The van der Waals surface area contributed by atoms with E-state index in [2.05, 4.69) is 15.9 Å². The number of halogens is 1. The first-order chi connectivity index (χ1) is 11.5. The predicted molar refractivity (Wildman–Crippen MR) is 106 cm³/mol. The van der Waals surface area contributed by atoms with Crippen LogP contribution in [0, 0.1) is 0 Å². The summed E-state index contributed by atoms with van der Waals surface area (Å²) in [5.41, 5.74) is 1.56. The van der Waals surface area contributed by atoms with E-state index >= 15 is 0 Å². The van der Waals surface area contributed by atoms with Crippen LogP contribution in [0.25, 0.3) is 0 Å². The zero-order chi connectivity index (χ0) is 17.3. The summed E-state index contributed by atoms with van der Waals surface area (Å²) in [5, 5.41) is -0.413. The maximum absolute atomic E-state index is 13.1. The number of carbonyl (C=O) groups is 1. The van der Waals surface area contributed by atoms with Crippen molar-refractivity contribution in [2.75, 3.05) is 14.1 Å². The molecule has 3 rings (SSSR count). The van der Waals surface area contributed by atoms with Gasteiger partial charge in [0.25, 0.3) is 0 Å². The van der Waals surface area contributed by atoms with E-state index in [-0.39, 0.29) is 11.9 Å². The fraction of sp³-hybridized carbons (Fsp3) is 0.222. The van der Waals surface area contributed by atoms with Gasteiger partial charge in [-0.1, -0.05) is 70.2 Å². The van der Waals surface area contributed by atoms with E-state index in [0.717, 1.165) is 10.0 Å². The number of hydrogen-bond acceptors (Lipinski definition) is 4. The standard InChI is InChI=1S/C18H16BrNO2S2/c1-20(2)18(23)24-17-15(21)13-10-12(19)8-9-14(13)22-16(17)11-6-4-3-5-7-11/h3-10,16-17H,1-2H3. The second-order valence-corrected chi connectivity index (χ2v) is 8.34. The van der Waals surface area contributed by atoms with Crippen molar-refractivity contribution in [3.05, 3.63) is 64.1 Å². The lowest BCUT2D eigenvalue weighted by Crippen LogP contribution is -2.36. The van der Waals surface area contributed by atoms with Crippen molar-refractivity contribution in [3.63, 3.8) is 0 Å². The van der Waals surface area contributed by atoms with Crippen LogP contribution in [0.2, 0.25) is 0 Å². The average Bonchev–Trinajstić information content (AvgIpc) is 2.58. The molecule has 0 bridgehead atoms. The molecule has 124 valence electrons. The van der Waals surface area contributed by atoms with Gasteiger partial charge >= 0.3 is 0 Å². The topological polar surface area (TPSA) is 29.5 Å². The molecule has 0 aromatic heterocycles. The smallest absolute Gasteiger partial charge is 0.184 e. The van der Waals surface area contributed by atoms with Gasteiger partial charge in [-0.2, -0.15) is 0 Å². The minimum Gasteiger partial charge on any atom is -0.483 e. The first kappa shape index (κ1) is 17.5. The maximum atomic E-state index is 13.1. The van der Waals surface area contributed by atoms with E-state index in [1.54, 1.807) is 0 Å². The second-order valence-electron chi connectivity index (χ2n) is 5.65. The van der Waals surface area contributed by atoms with Gasteiger partial charge < -0.3 is 9.64 Å². The van der Waals surface area contributed by atoms with E-state index in [0.29, 0.717) is 15.6 Å². The zero-order valence-corrected chi connectivity index (χ0v) is 16.5. The molecule has 0 saturated heterocycles. The molecule has 0 aliphatic carbocycles. The highest BCUT2D eigenvalue weighted by Crippen LogP contribution is 2.41. The van der Waals surface area contributed by atoms with Gasteiger partial charge in [-0.05, 0) is 23.8 Å². The van der Waals surface area contributed by atoms with Gasteiger partial charge in [-0.15, -0.1) is 0 Å². The molecule has 2 atom stereocenters. The van der Waals surface area contributed by atoms with Crippen LogP contribution in [-0.4, -0.2) is 34.3 Å². The Morgan fingerprint density at radius 3 is 2.58 bits per heavy atom. The Morgan fingerprint density at radius 1 is 1.21 bits per heavy atom. The minimum absolute atomic E-state index is 0.0422. The van der Waals surface area contributed by atoms with Gasteiger partial charge in [0.05, 0.1) is 5.56 Å². The van der Waals surface area contributed by atoms with E-state index in [1.165, 1.54) is 11.8 Å². The Kier molecular flexibility index (Phi) is 5.27. The molecular formula is C18H16BrNO2S2. The molecule has 24 heavy (non-hydrogen) atoms. The summed E-state index contributed by atoms with van der Waals surface area (Å²) in [6.45, 7) is 0. The van der Waals surface area contributed by atoms with Crippen molar-refractivity contribution < 1.29 is 9.53 Å². The van der Waals surface area contributed by atoms with Crippen molar-refractivity contribution in [3.8, 4) is 5.75 Å². The van der Waals surface area contributed by atoms with Crippen molar-refractivity contribution in [2.45, 2.75) is 11.4 Å². The molecular weight excluding hydrogens is 406 g/mol. The molecule has 1 aliphatic heterocycles. The molecule has 0 radical (unpaired) electrons. The van der Waals surface area contributed by atoms with Crippen LogP contribution in [0.1, 0.15) is 22.0 Å². The maximum Gasteiger partial charge on any atom is 0.184 e. The molecule has 0 saturated carbocycles. The number of Topliss-reactive ketones (excluding diaryl/α,β-unsaturated/α-hetero) is 1. The van der Waals surface area contributed by atoms with E-state index in [9.17, 15) is 4.79 Å². The molecule has 2 aromatic carbocycles. The fourth-order valence-corrected chi connectivity index (χ4v) is 4.17. The highest BCUT2D eigenvalue weighted by atomic mass is 79.9. The number of benzene rings is 2. The number of carbonyl (C=O) groups excluding carboxylic acids is 1. The van der Waals surface area contributed by atoms with Gasteiger partial charge in [0.2, 0.25) is 0 Å². The van der Waals surface area contributed by atoms with Crippen molar-refractivity contribution >= 4 is 50.0 Å². The normalized spacial score (nSPS) is 19.4. The number of ether oxygens (including phenoxy) is 1. The average molecular weight is 422 g/mol. The minimum atomic E-state index is -0.413. The molecule has 2 unspecified atom stereocenters. The highest BCUT2D eigenvalue weighted by molar-refractivity contribution is 9.10. The van der Waals surface area contributed by atoms with Crippen molar-refractivity contribution in [2.24, 2.45) is 0 Å². The molecule has 1 aliphatic rings. The quantitative estimate of drug-likeness (QED) is 0.654. The largest absolute Gasteiger partial charge is 0.483 e. The van der Waals surface area contributed by atoms with E-state index < -0.39 is 5.25 Å². The lowest BCUT2D eigenvalue weighted by Gasteiger charge is -2.33. The van der Waals surface area contributed by atoms with Gasteiger partial charge in [0.1, 0.15) is 21.4 Å². The van der Waals surface area contributed by atoms with Gasteiger partial charge in [-0.25, -0.2) is 0 Å². The summed E-state index contributed by atoms with van der Waals surface area (Å²) in [6.07, 6.45) is -0.365. The third-order valence-corrected chi connectivity index (χ3v) is 6.14. The Hall–Kier alpha value is -1.37. The number of ketones is 1. The summed E-state index contributed by atoms with van der Waals surface area (Å²) >= 11 is 10.2. The van der Waals surface area contributed by atoms with Crippen molar-refractivity contribution in [1.29, 1.82) is 0 Å². The summed E-state index contributed by atoms with van der Waals surface area (Å²) in [5.74, 6) is 0.658. The van der Waals surface area contributed by atoms with Crippen LogP contribution in [0.3, 0.4) is 0 Å². The van der Waals surface area contributed by atoms with E-state index in [4.69, 9.17) is 17.0 Å². The molecule has 0 amide bonds. The SMILES string of the molecule is CN(C)C(=S)SC1C(=O)c2cc(Br)ccc2OC1c1ccccc1. The van der Waals surface area contributed by atoms with Crippen LogP contribution in [0.4, 0.5) is 0 Å². The van der Waals surface area contributed by atoms with Gasteiger partial charge in [0.15, 0.2) is 5.78 Å². The zero-order valence-electron chi connectivity index (χ0n) is 13.2. The van der Waals surface area contributed by atoms with Gasteiger partial charge in [0, 0.05) is 18.6 Å². The molecule has 0 fully saturated rings. The van der Waals surface area contributed by atoms with Crippen LogP contribution in [-0.2, 0) is 0 Å². The summed E-state index contributed by atoms with van der Waals surface area (Å²) < 4.78 is 7.72. The Bertz CT molecular complexity index is 780. The highest BCUT2D eigenvalue weighted by Gasteiger charge is 2.39. The fourth-order valence-electron chi connectivity index (χ4n) is 2.50. The Labute approximate surface area is 159 Å². The summed E-state index contributed by atoms with van der Waals surface area (Å²) in [6, 6.07) is 15.3. The number of thiocarbonyl (C=S) groups is 1.